The molecule has 8 nitrogen and oxygen atoms in total. The Bertz CT molecular complexity index is 1100. The van der Waals surface area contributed by atoms with Crippen molar-refractivity contribution in [3.63, 3.8) is 0 Å². The SMILES string of the molecule is Cc1nn(-c2ccccc2)nc1C(=O)Nc1cnn(CCc2scnc2C)c1. The van der Waals surface area contributed by atoms with Gasteiger partial charge in [-0.25, -0.2) is 4.98 Å². The van der Waals surface area contributed by atoms with Gasteiger partial charge in [0.05, 0.1) is 34.5 Å². The Morgan fingerprint density at radius 3 is 2.71 bits per heavy atom. The molecule has 0 unspecified atom stereocenters. The van der Waals surface area contributed by atoms with E-state index in [2.05, 4.69) is 25.6 Å². The molecule has 142 valence electrons. The molecule has 0 aliphatic carbocycles. The molecule has 28 heavy (non-hydrogen) atoms. The van der Waals surface area contributed by atoms with Crippen molar-refractivity contribution in [1.29, 1.82) is 0 Å². The van der Waals surface area contributed by atoms with E-state index < -0.39 is 0 Å². The Labute approximate surface area is 165 Å². The van der Waals surface area contributed by atoms with E-state index in [1.165, 1.54) is 9.67 Å². The van der Waals surface area contributed by atoms with E-state index in [-0.39, 0.29) is 11.6 Å². The summed E-state index contributed by atoms with van der Waals surface area (Å²) in [6.07, 6.45) is 4.30. The molecule has 0 atom stereocenters. The lowest BCUT2D eigenvalue weighted by molar-refractivity contribution is 0.102. The number of aryl methyl sites for hydroxylation is 4. The fourth-order valence-corrected chi connectivity index (χ4v) is 3.56. The van der Waals surface area contributed by atoms with Gasteiger partial charge in [-0.2, -0.15) is 15.0 Å². The number of rotatable bonds is 6. The normalized spacial score (nSPS) is 10.9. The summed E-state index contributed by atoms with van der Waals surface area (Å²) in [5.74, 6) is -0.308. The summed E-state index contributed by atoms with van der Waals surface area (Å²) in [5, 5.41) is 15.8. The lowest BCUT2D eigenvalue weighted by Gasteiger charge is -2.01. The topological polar surface area (TPSA) is 90.5 Å². The zero-order valence-corrected chi connectivity index (χ0v) is 16.3. The van der Waals surface area contributed by atoms with E-state index in [1.54, 1.807) is 24.5 Å². The maximum atomic E-state index is 12.6. The largest absolute Gasteiger partial charge is 0.318 e. The van der Waals surface area contributed by atoms with Crippen LogP contribution in [0.15, 0.2) is 48.2 Å². The van der Waals surface area contributed by atoms with E-state index in [9.17, 15) is 4.79 Å². The van der Waals surface area contributed by atoms with Gasteiger partial charge < -0.3 is 5.32 Å². The summed E-state index contributed by atoms with van der Waals surface area (Å²) in [5.41, 5.74) is 5.19. The third kappa shape index (κ3) is 3.84. The fourth-order valence-electron chi connectivity index (χ4n) is 2.79. The number of aromatic nitrogens is 6. The van der Waals surface area contributed by atoms with Crippen LogP contribution in [0.5, 0.6) is 0 Å². The number of anilines is 1. The van der Waals surface area contributed by atoms with Crippen LogP contribution in [0, 0.1) is 13.8 Å². The van der Waals surface area contributed by atoms with E-state index in [1.807, 2.05) is 53.6 Å². The van der Waals surface area contributed by atoms with Crippen LogP contribution in [0.3, 0.4) is 0 Å². The molecule has 4 rings (SSSR count). The van der Waals surface area contributed by atoms with E-state index in [0.29, 0.717) is 11.4 Å². The molecule has 0 radical (unpaired) electrons. The first-order valence-corrected chi connectivity index (χ1v) is 9.70. The van der Waals surface area contributed by atoms with E-state index in [0.717, 1.165) is 24.3 Å². The standard InChI is InChI=1S/C19H19N7OS/c1-13-17(28-12-20-13)8-9-25-11-15(10-21-25)22-19(27)18-14(2)23-26(24-18)16-6-4-3-5-7-16/h3-7,10-12H,8-9H2,1-2H3,(H,22,27). The quantitative estimate of drug-likeness (QED) is 0.544. The molecule has 4 aromatic rings. The number of carbonyl (C=O) groups is 1. The smallest absolute Gasteiger partial charge is 0.278 e. The number of hydrogen-bond acceptors (Lipinski definition) is 6. The second-order valence-corrected chi connectivity index (χ2v) is 7.26. The number of amides is 1. The number of thiazole rings is 1. The van der Waals surface area contributed by atoms with Crippen LogP contribution in [0.1, 0.15) is 26.8 Å². The van der Waals surface area contributed by atoms with Crippen molar-refractivity contribution in [2.45, 2.75) is 26.8 Å². The Balaban J connectivity index is 1.42. The lowest BCUT2D eigenvalue weighted by Crippen LogP contribution is -2.14. The molecular formula is C19H19N7OS. The second kappa shape index (κ2) is 7.73. The summed E-state index contributed by atoms with van der Waals surface area (Å²) in [6, 6.07) is 9.49. The Morgan fingerprint density at radius 2 is 1.96 bits per heavy atom. The van der Waals surface area contributed by atoms with Gasteiger partial charge in [-0.05, 0) is 26.0 Å². The van der Waals surface area contributed by atoms with Crippen molar-refractivity contribution < 1.29 is 4.79 Å². The highest BCUT2D eigenvalue weighted by Gasteiger charge is 2.17. The minimum absolute atomic E-state index is 0.289. The molecule has 0 aliphatic rings. The Hall–Kier alpha value is -3.33. The third-order valence-electron chi connectivity index (χ3n) is 4.29. The molecule has 1 amide bonds. The third-order valence-corrected chi connectivity index (χ3v) is 5.28. The number of hydrogen-bond donors (Lipinski definition) is 1. The van der Waals surface area contributed by atoms with E-state index in [4.69, 9.17) is 0 Å². The Kier molecular flexibility index (Phi) is 4.98. The monoisotopic (exact) mass is 393 g/mol. The highest BCUT2D eigenvalue weighted by Crippen LogP contribution is 2.15. The van der Waals surface area contributed by atoms with Crippen LogP contribution < -0.4 is 5.32 Å². The number of nitrogens with zero attached hydrogens (tertiary/aromatic N) is 6. The van der Waals surface area contributed by atoms with Gasteiger partial charge in [0.15, 0.2) is 5.69 Å². The molecule has 0 bridgehead atoms. The summed E-state index contributed by atoms with van der Waals surface area (Å²) >= 11 is 1.65. The zero-order valence-electron chi connectivity index (χ0n) is 15.5. The maximum Gasteiger partial charge on any atom is 0.278 e. The average molecular weight is 393 g/mol. The van der Waals surface area contributed by atoms with Gasteiger partial charge in [0.1, 0.15) is 0 Å². The molecule has 3 aromatic heterocycles. The Morgan fingerprint density at radius 1 is 1.14 bits per heavy atom. The number of para-hydroxylation sites is 1. The van der Waals surface area contributed by atoms with E-state index >= 15 is 0 Å². The summed E-state index contributed by atoms with van der Waals surface area (Å²) in [4.78, 5) is 19.6. The first-order chi connectivity index (χ1) is 13.6. The summed E-state index contributed by atoms with van der Waals surface area (Å²) < 4.78 is 1.81. The van der Waals surface area contributed by atoms with Gasteiger partial charge in [0, 0.05) is 24.0 Å². The molecule has 3 heterocycles. The van der Waals surface area contributed by atoms with Crippen molar-refractivity contribution in [2.24, 2.45) is 0 Å². The van der Waals surface area contributed by atoms with Crippen LogP contribution in [-0.2, 0) is 13.0 Å². The number of carbonyl (C=O) groups excluding carboxylic acids is 1. The first-order valence-electron chi connectivity index (χ1n) is 8.82. The maximum absolute atomic E-state index is 12.6. The predicted octanol–water partition coefficient (Wildman–Crippen LogP) is 3.03. The van der Waals surface area contributed by atoms with Gasteiger partial charge in [-0.1, -0.05) is 18.2 Å². The van der Waals surface area contributed by atoms with Crippen molar-refractivity contribution >= 4 is 22.9 Å². The molecule has 0 saturated carbocycles. The first kappa shape index (κ1) is 18.1. The molecule has 1 aromatic carbocycles. The highest BCUT2D eigenvalue weighted by molar-refractivity contribution is 7.09. The van der Waals surface area contributed by atoms with Gasteiger partial charge in [0.2, 0.25) is 0 Å². The zero-order chi connectivity index (χ0) is 19.5. The molecule has 0 spiro atoms. The lowest BCUT2D eigenvalue weighted by atomic mass is 10.3. The molecule has 0 saturated heterocycles. The van der Waals surface area contributed by atoms with Gasteiger partial charge >= 0.3 is 0 Å². The van der Waals surface area contributed by atoms with Crippen LogP contribution >= 0.6 is 11.3 Å². The molecular weight excluding hydrogens is 374 g/mol. The van der Waals surface area contributed by atoms with Crippen LogP contribution in [-0.4, -0.2) is 35.7 Å². The molecule has 1 N–H and O–H groups in total. The minimum atomic E-state index is -0.308. The predicted molar refractivity (Wildman–Crippen MR) is 107 cm³/mol. The van der Waals surface area contributed by atoms with Crippen LogP contribution in [0.4, 0.5) is 5.69 Å². The molecule has 0 fully saturated rings. The van der Waals surface area contributed by atoms with Crippen molar-refractivity contribution in [2.75, 3.05) is 5.32 Å². The molecule has 9 heteroatoms. The number of benzene rings is 1. The van der Waals surface area contributed by atoms with Crippen molar-refractivity contribution in [3.8, 4) is 5.69 Å². The molecule has 0 aliphatic heterocycles. The summed E-state index contributed by atoms with van der Waals surface area (Å²) in [7, 11) is 0. The average Bonchev–Trinajstić information content (AvgIpc) is 3.41. The number of nitrogens with one attached hydrogen (secondary N) is 1. The van der Waals surface area contributed by atoms with Crippen LogP contribution in [0.2, 0.25) is 0 Å². The fraction of sp³-hybridized carbons (Fsp3) is 0.211. The summed E-state index contributed by atoms with van der Waals surface area (Å²) in [6.45, 7) is 4.50. The van der Waals surface area contributed by atoms with Crippen molar-refractivity contribution in [1.82, 2.24) is 29.8 Å². The van der Waals surface area contributed by atoms with Crippen molar-refractivity contribution in [3.05, 3.63) is 70.2 Å². The second-order valence-electron chi connectivity index (χ2n) is 6.32. The van der Waals surface area contributed by atoms with Crippen LogP contribution in [0.25, 0.3) is 5.69 Å². The van der Waals surface area contributed by atoms with Gasteiger partial charge in [0.25, 0.3) is 5.91 Å². The van der Waals surface area contributed by atoms with Gasteiger partial charge in [-0.15, -0.1) is 16.4 Å². The highest BCUT2D eigenvalue weighted by atomic mass is 32.1. The van der Waals surface area contributed by atoms with Gasteiger partial charge in [-0.3, -0.25) is 9.48 Å². The minimum Gasteiger partial charge on any atom is -0.318 e.